The highest BCUT2D eigenvalue weighted by Gasteiger charge is 2.53. The minimum Gasteiger partial charge on any atom is -0.456 e. The molecule has 11 aromatic carbocycles. The van der Waals surface area contributed by atoms with E-state index in [1.807, 2.05) is 0 Å². The summed E-state index contributed by atoms with van der Waals surface area (Å²) >= 11 is 0. The van der Waals surface area contributed by atoms with E-state index in [9.17, 15) is 0 Å². The quantitative estimate of drug-likeness (QED) is 0.159. The van der Waals surface area contributed by atoms with Gasteiger partial charge in [0, 0.05) is 33.4 Å². The Bertz CT molecular complexity index is 3860. The van der Waals surface area contributed by atoms with Gasteiger partial charge in [-0.25, -0.2) is 0 Å². The fourth-order valence-electron chi connectivity index (χ4n) is 11.7. The predicted octanol–water partition coefficient (Wildman–Crippen LogP) is 18.1. The molecule has 0 amide bonds. The first-order chi connectivity index (χ1) is 34.2. The van der Waals surface area contributed by atoms with Crippen molar-refractivity contribution in [1.29, 1.82) is 0 Å². The third-order valence-corrected chi connectivity index (χ3v) is 14.7. The molecule has 322 valence electrons. The molecule has 0 saturated heterocycles. The standard InChI is InChI=1S/C67H43NO/c1-4-16-44(17-5-1)46-28-30-47(31-29-46)49-34-38-52(39-35-49)68(51-36-32-48(33-37-51)45-18-6-2-7-19-45)53-40-41-56-60(42-53)67(58-25-13-10-22-54(58)55-23-11-14-26-59(55)67)61-43-63-66(57-24-12-15-27-62(57)69-63)64(65(56)61)50-20-8-3-9-21-50/h1-43H. The second kappa shape index (κ2) is 15.6. The Hall–Kier alpha value is -8.98. The Morgan fingerprint density at radius 3 is 1.26 bits per heavy atom. The van der Waals surface area contributed by atoms with E-state index in [2.05, 4.69) is 266 Å². The summed E-state index contributed by atoms with van der Waals surface area (Å²) < 4.78 is 6.90. The number of anilines is 3. The van der Waals surface area contributed by atoms with Crippen molar-refractivity contribution in [3.63, 3.8) is 0 Å². The zero-order valence-corrected chi connectivity index (χ0v) is 37.7. The molecule has 0 N–H and O–H groups in total. The van der Waals surface area contributed by atoms with Gasteiger partial charge in [0.1, 0.15) is 11.2 Å². The molecule has 14 rings (SSSR count). The van der Waals surface area contributed by atoms with Crippen molar-refractivity contribution in [2.45, 2.75) is 5.41 Å². The second-order valence-electron chi connectivity index (χ2n) is 18.3. The molecule has 1 spiro atoms. The van der Waals surface area contributed by atoms with Gasteiger partial charge in [0.2, 0.25) is 0 Å². The van der Waals surface area contributed by atoms with Crippen LogP contribution in [0.5, 0.6) is 0 Å². The second-order valence-corrected chi connectivity index (χ2v) is 18.3. The Kier molecular flexibility index (Phi) is 8.84. The zero-order chi connectivity index (χ0) is 45.5. The summed E-state index contributed by atoms with van der Waals surface area (Å²) in [6.45, 7) is 0. The van der Waals surface area contributed by atoms with Gasteiger partial charge < -0.3 is 9.32 Å². The maximum Gasteiger partial charge on any atom is 0.136 e. The minimum atomic E-state index is -0.622. The normalized spacial score (nSPS) is 12.8. The molecule has 0 fully saturated rings. The number of furan rings is 1. The summed E-state index contributed by atoms with van der Waals surface area (Å²) in [7, 11) is 0. The minimum absolute atomic E-state index is 0.622. The number of fused-ring (bicyclic) bond motifs is 13. The van der Waals surface area contributed by atoms with Crippen molar-refractivity contribution in [2.24, 2.45) is 0 Å². The van der Waals surface area contributed by atoms with Gasteiger partial charge in [0.05, 0.1) is 5.41 Å². The molecule has 0 saturated carbocycles. The molecule has 12 aromatic rings. The maximum atomic E-state index is 6.90. The number of hydrogen-bond acceptors (Lipinski definition) is 2. The molecule has 2 aliphatic carbocycles. The SMILES string of the molecule is c1ccc(-c2ccc(-c3ccc(N(c4ccc(-c5ccccc5)cc4)c4ccc5c(c4)C4(c6ccccc6-c6ccccc64)c4cc6oc7ccccc7c6c(-c6ccccc6)c4-5)cc3)cc2)cc1. The zero-order valence-electron chi connectivity index (χ0n) is 37.7. The lowest BCUT2D eigenvalue weighted by atomic mass is 9.70. The number of benzene rings is 11. The smallest absolute Gasteiger partial charge is 0.136 e. The van der Waals surface area contributed by atoms with Crippen LogP contribution < -0.4 is 4.90 Å². The van der Waals surface area contributed by atoms with E-state index >= 15 is 0 Å². The molecule has 0 atom stereocenters. The fourth-order valence-corrected chi connectivity index (χ4v) is 11.7. The van der Waals surface area contributed by atoms with Crippen LogP contribution in [0.1, 0.15) is 22.3 Å². The van der Waals surface area contributed by atoms with Gasteiger partial charge in [0.25, 0.3) is 0 Å². The third-order valence-electron chi connectivity index (χ3n) is 14.7. The number of rotatable bonds is 7. The Morgan fingerprint density at radius 1 is 0.275 bits per heavy atom. The van der Waals surface area contributed by atoms with Crippen LogP contribution in [0.25, 0.3) is 88.7 Å². The van der Waals surface area contributed by atoms with E-state index in [4.69, 9.17) is 4.42 Å². The topological polar surface area (TPSA) is 16.4 Å². The molecule has 0 bridgehead atoms. The van der Waals surface area contributed by atoms with Crippen molar-refractivity contribution in [2.75, 3.05) is 4.90 Å². The van der Waals surface area contributed by atoms with E-state index in [0.717, 1.165) is 39.0 Å². The van der Waals surface area contributed by atoms with Crippen LogP contribution >= 0.6 is 0 Å². The van der Waals surface area contributed by atoms with Gasteiger partial charge in [-0.3, -0.25) is 0 Å². The van der Waals surface area contributed by atoms with E-state index in [1.54, 1.807) is 0 Å². The summed E-state index contributed by atoms with van der Waals surface area (Å²) in [5.74, 6) is 0. The largest absolute Gasteiger partial charge is 0.456 e. The average molecular weight is 878 g/mol. The van der Waals surface area contributed by atoms with Crippen LogP contribution in [0.4, 0.5) is 17.1 Å². The van der Waals surface area contributed by atoms with Crippen molar-refractivity contribution in [1.82, 2.24) is 0 Å². The Labute approximate surface area is 401 Å². The number of nitrogens with zero attached hydrogens (tertiary/aromatic N) is 1. The first-order valence-corrected chi connectivity index (χ1v) is 23.8. The molecule has 0 unspecified atom stereocenters. The van der Waals surface area contributed by atoms with Gasteiger partial charge in [-0.1, -0.05) is 212 Å². The number of para-hydroxylation sites is 1. The van der Waals surface area contributed by atoms with Crippen LogP contribution in [-0.4, -0.2) is 0 Å². The van der Waals surface area contributed by atoms with Crippen molar-refractivity contribution >= 4 is 39.0 Å². The number of hydrogen-bond donors (Lipinski definition) is 0. The lowest BCUT2D eigenvalue weighted by Gasteiger charge is -2.32. The van der Waals surface area contributed by atoms with Gasteiger partial charge in [0.15, 0.2) is 0 Å². The van der Waals surface area contributed by atoms with Crippen LogP contribution in [0, 0.1) is 0 Å². The van der Waals surface area contributed by atoms with Gasteiger partial charge in [-0.05, 0) is 132 Å². The molecular formula is C67H43NO. The van der Waals surface area contributed by atoms with Crippen LogP contribution in [0.3, 0.4) is 0 Å². The van der Waals surface area contributed by atoms with Gasteiger partial charge >= 0.3 is 0 Å². The highest BCUT2D eigenvalue weighted by atomic mass is 16.3. The van der Waals surface area contributed by atoms with Crippen LogP contribution in [0.15, 0.2) is 265 Å². The van der Waals surface area contributed by atoms with E-state index < -0.39 is 5.41 Å². The average Bonchev–Trinajstić information content (AvgIpc) is 4.05. The van der Waals surface area contributed by atoms with Crippen molar-refractivity contribution in [3.8, 4) is 66.8 Å². The van der Waals surface area contributed by atoms with Gasteiger partial charge in [-0.2, -0.15) is 0 Å². The van der Waals surface area contributed by atoms with E-state index in [-0.39, 0.29) is 0 Å². The summed E-state index contributed by atoms with van der Waals surface area (Å²) in [4.78, 5) is 2.43. The van der Waals surface area contributed by atoms with Gasteiger partial charge in [-0.15, -0.1) is 0 Å². The first kappa shape index (κ1) is 39.2. The molecule has 1 aromatic heterocycles. The highest BCUT2D eigenvalue weighted by Crippen LogP contribution is 2.66. The highest BCUT2D eigenvalue weighted by molar-refractivity contribution is 6.18. The van der Waals surface area contributed by atoms with Crippen molar-refractivity contribution in [3.05, 3.63) is 283 Å². The molecule has 1 heterocycles. The Morgan fingerprint density at radius 2 is 0.710 bits per heavy atom. The fraction of sp³-hybridized carbons (Fsp3) is 0.0149. The van der Waals surface area contributed by atoms with E-state index in [0.29, 0.717) is 0 Å². The maximum absolute atomic E-state index is 6.90. The first-order valence-electron chi connectivity index (χ1n) is 23.8. The molecular weight excluding hydrogens is 835 g/mol. The monoisotopic (exact) mass is 877 g/mol. The lowest BCUT2D eigenvalue weighted by molar-refractivity contribution is 0.666. The summed E-state index contributed by atoms with van der Waals surface area (Å²) in [5, 5.41) is 2.28. The molecule has 69 heavy (non-hydrogen) atoms. The molecule has 2 aliphatic rings. The molecule has 0 aliphatic heterocycles. The summed E-state index contributed by atoms with van der Waals surface area (Å²) in [6.07, 6.45) is 0. The lowest BCUT2D eigenvalue weighted by Crippen LogP contribution is -2.26. The molecule has 2 nitrogen and oxygen atoms in total. The van der Waals surface area contributed by atoms with E-state index in [1.165, 1.54) is 89.0 Å². The summed E-state index contributed by atoms with van der Waals surface area (Å²) in [5.41, 5.74) is 24.1. The predicted molar refractivity (Wildman–Crippen MR) is 286 cm³/mol. The van der Waals surface area contributed by atoms with Crippen molar-refractivity contribution < 1.29 is 4.42 Å². The molecule has 2 heteroatoms. The summed E-state index contributed by atoms with van der Waals surface area (Å²) in [6, 6.07) is 95.4. The van der Waals surface area contributed by atoms with Crippen LogP contribution in [-0.2, 0) is 5.41 Å². The Balaban J connectivity index is 1.00. The molecule has 0 radical (unpaired) electrons. The van der Waals surface area contributed by atoms with Crippen LogP contribution in [0.2, 0.25) is 0 Å². The third kappa shape index (κ3) is 5.99.